The van der Waals surface area contributed by atoms with E-state index < -0.39 is 17.8 Å². The van der Waals surface area contributed by atoms with Crippen molar-refractivity contribution in [2.24, 2.45) is 5.92 Å². The summed E-state index contributed by atoms with van der Waals surface area (Å²) in [6.07, 6.45) is -5.16. The minimum atomic E-state index is -4.40. The smallest absolute Gasteiger partial charge is 0.391 e. The van der Waals surface area contributed by atoms with Gasteiger partial charge in [-0.05, 0) is 23.6 Å². The Labute approximate surface area is 156 Å². The normalized spacial score (nSPS) is 14.4. The molecule has 26 heavy (non-hydrogen) atoms. The zero-order valence-corrected chi connectivity index (χ0v) is 15.6. The molecular weight excluding hydrogens is 359 g/mol. The lowest BCUT2D eigenvalue weighted by molar-refractivity contribution is -0.139. The van der Waals surface area contributed by atoms with Gasteiger partial charge in [0.1, 0.15) is 0 Å². The Hall–Kier alpha value is -1.50. The van der Waals surface area contributed by atoms with Gasteiger partial charge in [0.05, 0.1) is 11.7 Å². The molecule has 0 aliphatic carbocycles. The summed E-state index contributed by atoms with van der Waals surface area (Å²) in [6.45, 7) is 4.74. The second-order valence-electron chi connectivity index (χ2n) is 6.50. The van der Waals surface area contributed by atoms with Crippen LogP contribution in [-0.2, 0) is 12.7 Å². The highest BCUT2D eigenvalue weighted by atomic mass is 32.2. The number of hydrogen-bond donors (Lipinski definition) is 2. The van der Waals surface area contributed by atoms with Gasteiger partial charge >= 0.3 is 6.18 Å². The van der Waals surface area contributed by atoms with Gasteiger partial charge < -0.3 is 10.4 Å². The molecular formula is C20H24F3NOS. The number of benzene rings is 2. The summed E-state index contributed by atoms with van der Waals surface area (Å²) in [5, 5.41) is 13.4. The van der Waals surface area contributed by atoms with E-state index in [9.17, 15) is 18.3 Å². The van der Waals surface area contributed by atoms with E-state index >= 15 is 0 Å². The molecule has 0 saturated heterocycles. The molecule has 0 spiro atoms. The first-order chi connectivity index (χ1) is 12.3. The van der Waals surface area contributed by atoms with Crippen LogP contribution in [0, 0.1) is 5.92 Å². The predicted molar refractivity (Wildman–Crippen MR) is 100 cm³/mol. The van der Waals surface area contributed by atoms with Crippen LogP contribution in [0.5, 0.6) is 0 Å². The lowest BCUT2D eigenvalue weighted by Crippen LogP contribution is -2.37. The van der Waals surface area contributed by atoms with E-state index in [2.05, 4.69) is 5.32 Å². The number of alkyl halides is 3. The van der Waals surface area contributed by atoms with Crippen LogP contribution >= 0.6 is 11.8 Å². The summed E-state index contributed by atoms with van der Waals surface area (Å²) >= 11 is 1.09. The third kappa shape index (κ3) is 6.04. The second-order valence-corrected chi connectivity index (χ2v) is 7.72. The summed E-state index contributed by atoms with van der Waals surface area (Å²) in [6, 6.07) is 15.3. The molecule has 2 unspecified atom stereocenters. The van der Waals surface area contributed by atoms with Crippen molar-refractivity contribution in [1.82, 2.24) is 5.32 Å². The molecule has 142 valence electrons. The highest BCUT2D eigenvalue weighted by molar-refractivity contribution is 8.00. The standard InChI is InChI=1S/C20H24F3NOS/c1-14(2)19(17(25)13-24-12-15-8-4-3-5-9-15)26-18-11-7-6-10-16(18)20(21,22)23/h3-11,14,17,19,24-25H,12-13H2,1-2H3. The lowest BCUT2D eigenvalue weighted by atomic mass is 10.1. The quantitative estimate of drug-likeness (QED) is 0.631. The Kier molecular flexibility index (Phi) is 7.55. The van der Waals surface area contributed by atoms with Gasteiger partial charge in [0.25, 0.3) is 0 Å². The molecule has 0 saturated carbocycles. The molecule has 0 aromatic heterocycles. The van der Waals surface area contributed by atoms with Gasteiger partial charge in [-0.3, -0.25) is 0 Å². The van der Waals surface area contributed by atoms with Crippen LogP contribution in [0.15, 0.2) is 59.5 Å². The van der Waals surface area contributed by atoms with Crippen molar-refractivity contribution in [2.75, 3.05) is 6.54 Å². The SMILES string of the molecule is CC(C)C(Sc1ccccc1C(F)(F)F)C(O)CNCc1ccccc1. The van der Waals surface area contributed by atoms with Crippen molar-refractivity contribution in [3.63, 3.8) is 0 Å². The third-order valence-electron chi connectivity index (χ3n) is 4.02. The molecule has 2 nitrogen and oxygen atoms in total. The minimum absolute atomic E-state index is 0.0230. The van der Waals surface area contributed by atoms with Crippen LogP contribution in [0.4, 0.5) is 13.2 Å². The van der Waals surface area contributed by atoms with E-state index in [1.54, 1.807) is 6.07 Å². The van der Waals surface area contributed by atoms with Crippen molar-refractivity contribution in [3.8, 4) is 0 Å². The fourth-order valence-electron chi connectivity index (χ4n) is 2.69. The Morgan fingerprint density at radius 1 is 1.00 bits per heavy atom. The largest absolute Gasteiger partial charge is 0.417 e. The molecule has 0 amide bonds. The fourth-order valence-corrected chi connectivity index (χ4v) is 3.97. The van der Waals surface area contributed by atoms with Crippen molar-refractivity contribution >= 4 is 11.8 Å². The molecule has 2 rings (SSSR count). The molecule has 0 radical (unpaired) electrons. The zero-order valence-electron chi connectivity index (χ0n) is 14.8. The maximum atomic E-state index is 13.2. The summed E-state index contributed by atoms with van der Waals surface area (Å²) in [7, 11) is 0. The van der Waals surface area contributed by atoms with E-state index in [0.717, 1.165) is 23.4 Å². The highest BCUT2D eigenvalue weighted by Crippen LogP contribution is 2.40. The summed E-state index contributed by atoms with van der Waals surface area (Å²) in [5.41, 5.74) is 0.441. The van der Waals surface area contributed by atoms with E-state index in [-0.39, 0.29) is 16.1 Å². The van der Waals surface area contributed by atoms with Crippen LogP contribution in [0.25, 0.3) is 0 Å². The Morgan fingerprint density at radius 3 is 2.23 bits per heavy atom. The molecule has 2 atom stereocenters. The third-order valence-corrected chi connectivity index (χ3v) is 5.76. The summed E-state index contributed by atoms with van der Waals surface area (Å²) in [5.74, 6) is 0.0230. The van der Waals surface area contributed by atoms with E-state index in [0.29, 0.717) is 13.1 Å². The number of aliphatic hydroxyl groups is 1. The lowest BCUT2D eigenvalue weighted by Gasteiger charge is -2.27. The van der Waals surface area contributed by atoms with E-state index in [1.807, 2.05) is 44.2 Å². The summed E-state index contributed by atoms with van der Waals surface area (Å²) < 4.78 is 39.6. The van der Waals surface area contributed by atoms with Crippen molar-refractivity contribution < 1.29 is 18.3 Å². The monoisotopic (exact) mass is 383 g/mol. The van der Waals surface area contributed by atoms with E-state index in [1.165, 1.54) is 12.1 Å². The molecule has 0 aliphatic rings. The van der Waals surface area contributed by atoms with Crippen LogP contribution in [-0.4, -0.2) is 23.0 Å². The van der Waals surface area contributed by atoms with Gasteiger partial charge in [-0.25, -0.2) is 0 Å². The van der Waals surface area contributed by atoms with Crippen LogP contribution < -0.4 is 5.32 Å². The number of halogens is 3. The maximum absolute atomic E-state index is 13.2. The molecule has 0 fully saturated rings. The van der Waals surface area contributed by atoms with Gasteiger partial charge in [-0.2, -0.15) is 13.2 Å². The Morgan fingerprint density at radius 2 is 1.62 bits per heavy atom. The van der Waals surface area contributed by atoms with Crippen molar-refractivity contribution in [1.29, 1.82) is 0 Å². The fraction of sp³-hybridized carbons (Fsp3) is 0.400. The second kappa shape index (κ2) is 9.44. The minimum Gasteiger partial charge on any atom is -0.391 e. The van der Waals surface area contributed by atoms with Crippen molar-refractivity contribution in [3.05, 3.63) is 65.7 Å². The molecule has 2 N–H and O–H groups in total. The molecule has 2 aromatic carbocycles. The molecule has 0 bridgehead atoms. The predicted octanol–water partition coefficient (Wildman–Crippen LogP) is 4.97. The van der Waals surface area contributed by atoms with Gasteiger partial charge in [-0.15, -0.1) is 11.8 Å². The number of hydrogen-bond acceptors (Lipinski definition) is 3. The highest BCUT2D eigenvalue weighted by Gasteiger charge is 2.35. The van der Waals surface area contributed by atoms with E-state index in [4.69, 9.17) is 0 Å². The molecule has 6 heteroatoms. The Balaban J connectivity index is 2.02. The summed E-state index contributed by atoms with van der Waals surface area (Å²) in [4.78, 5) is 0.154. The molecule has 0 aliphatic heterocycles. The zero-order chi connectivity index (χ0) is 19.2. The first kappa shape index (κ1) is 20.8. The number of nitrogens with one attached hydrogen (secondary N) is 1. The topological polar surface area (TPSA) is 32.3 Å². The Bertz CT molecular complexity index is 676. The number of thioether (sulfide) groups is 1. The maximum Gasteiger partial charge on any atom is 0.417 e. The molecule has 2 aromatic rings. The van der Waals surface area contributed by atoms with Crippen LogP contribution in [0.1, 0.15) is 25.0 Å². The van der Waals surface area contributed by atoms with Crippen LogP contribution in [0.2, 0.25) is 0 Å². The number of rotatable bonds is 8. The molecule has 0 heterocycles. The van der Waals surface area contributed by atoms with Crippen LogP contribution in [0.3, 0.4) is 0 Å². The first-order valence-electron chi connectivity index (χ1n) is 8.54. The average molecular weight is 383 g/mol. The van der Waals surface area contributed by atoms with Gasteiger partial charge in [0.15, 0.2) is 0 Å². The van der Waals surface area contributed by atoms with Crippen molar-refractivity contribution in [2.45, 2.75) is 42.8 Å². The van der Waals surface area contributed by atoms with Gasteiger partial charge in [-0.1, -0.05) is 56.3 Å². The average Bonchev–Trinajstić information content (AvgIpc) is 2.59. The first-order valence-corrected chi connectivity index (χ1v) is 9.42. The number of aliphatic hydroxyl groups excluding tert-OH is 1. The van der Waals surface area contributed by atoms with Gasteiger partial charge in [0.2, 0.25) is 0 Å². The van der Waals surface area contributed by atoms with Gasteiger partial charge in [0, 0.05) is 23.2 Å².